The van der Waals surface area contributed by atoms with E-state index in [-0.39, 0.29) is 0 Å². The van der Waals surface area contributed by atoms with Crippen molar-refractivity contribution in [3.05, 3.63) is 16.1 Å². The molecule has 0 aliphatic heterocycles. The minimum absolute atomic E-state index is 0.565. The summed E-state index contributed by atoms with van der Waals surface area (Å²) < 4.78 is 0. The summed E-state index contributed by atoms with van der Waals surface area (Å²) in [4.78, 5) is 6.99. The molecule has 1 aromatic rings. The van der Waals surface area contributed by atoms with Gasteiger partial charge in [0.15, 0.2) is 0 Å². The Balaban J connectivity index is 1.85. The molecule has 17 heavy (non-hydrogen) atoms. The summed E-state index contributed by atoms with van der Waals surface area (Å²) in [5.41, 5.74) is 6.76. The summed E-state index contributed by atoms with van der Waals surface area (Å²) >= 11 is 1.68. The molecule has 1 aliphatic rings. The van der Waals surface area contributed by atoms with Gasteiger partial charge in [-0.25, -0.2) is 4.98 Å². The fraction of sp³-hybridized carbons (Fsp3) is 0.769. The van der Waals surface area contributed by atoms with E-state index in [9.17, 15) is 0 Å². The predicted octanol–water partition coefficient (Wildman–Crippen LogP) is 2.61. The summed E-state index contributed by atoms with van der Waals surface area (Å²) in [7, 11) is 2.22. The summed E-state index contributed by atoms with van der Waals surface area (Å²) in [6.45, 7) is 3.90. The minimum atomic E-state index is 0.565. The van der Waals surface area contributed by atoms with Crippen molar-refractivity contribution in [2.24, 2.45) is 11.7 Å². The molecule has 0 amide bonds. The number of thiazole rings is 1. The summed E-state index contributed by atoms with van der Waals surface area (Å²) in [5, 5.41) is 3.19. The molecule has 96 valence electrons. The Labute approximate surface area is 108 Å². The molecule has 1 fully saturated rings. The first-order valence-corrected chi connectivity index (χ1v) is 7.40. The maximum atomic E-state index is 5.59. The average molecular weight is 253 g/mol. The SMILES string of the molecule is CC1CCC(N(C)Cc2csc(CN)n2)CC1. The van der Waals surface area contributed by atoms with Gasteiger partial charge in [0.1, 0.15) is 5.01 Å². The second-order valence-electron chi connectivity index (χ2n) is 5.27. The number of hydrogen-bond acceptors (Lipinski definition) is 4. The molecule has 1 heterocycles. The summed E-state index contributed by atoms with van der Waals surface area (Å²) in [6, 6.07) is 0.745. The van der Waals surface area contributed by atoms with Crippen LogP contribution in [0, 0.1) is 5.92 Å². The van der Waals surface area contributed by atoms with Gasteiger partial charge in [0.2, 0.25) is 0 Å². The van der Waals surface area contributed by atoms with Crippen molar-refractivity contribution in [1.82, 2.24) is 9.88 Å². The van der Waals surface area contributed by atoms with Crippen LogP contribution in [-0.2, 0) is 13.1 Å². The number of aromatic nitrogens is 1. The Bertz CT molecular complexity index is 342. The predicted molar refractivity (Wildman–Crippen MR) is 72.9 cm³/mol. The van der Waals surface area contributed by atoms with Crippen LogP contribution in [0.15, 0.2) is 5.38 Å². The van der Waals surface area contributed by atoms with E-state index in [1.807, 2.05) is 0 Å². The second-order valence-corrected chi connectivity index (χ2v) is 6.21. The van der Waals surface area contributed by atoms with Crippen LogP contribution < -0.4 is 5.73 Å². The van der Waals surface area contributed by atoms with Crippen LogP contribution in [0.4, 0.5) is 0 Å². The standard InChI is InChI=1S/C13H23N3S/c1-10-3-5-12(6-4-10)16(2)8-11-9-17-13(7-14)15-11/h9-10,12H,3-8,14H2,1-2H3. The van der Waals surface area contributed by atoms with Crippen molar-refractivity contribution in [2.45, 2.75) is 51.7 Å². The maximum Gasteiger partial charge on any atom is 0.106 e. The topological polar surface area (TPSA) is 42.1 Å². The molecule has 0 atom stereocenters. The van der Waals surface area contributed by atoms with Crippen molar-refractivity contribution in [1.29, 1.82) is 0 Å². The molecule has 2 rings (SSSR count). The Kier molecular flexibility index (Phi) is 4.54. The lowest BCUT2D eigenvalue weighted by molar-refractivity contribution is 0.162. The molecule has 4 heteroatoms. The lowest BCUT2D eigenvalue weighted by Crippen LogP contribution is -2.34. The molecule has 0 radical (unpaired) electrons. The largest absolute Gasteiger partial charge is 0.325 e. The van der Waals surface area contributed by atoms with Gasteiger partial charge in [-0.15, -0.1) is 11.3 Å². The zero-order valence-electron chi connectivity index (χ0n) is 10.9. The maximum absolute atomic E-state index is 5.59. The molecule has 0 bridgehead atoms. The van der Waals surface area contributed by atoms with E-state index in [0.29, 0.717) is 6.54 Å². The first-order chi connectivity index (χ1) is 8.19. The van der Waals surface area contributed by atoms with Gasteiger partial charge < -0.3 is 5.73 Å². The zero-order valence-corrected chi connectivity index (χ0v) is 11.7. The van der Waals surface area contributed by atoms with Gasteiger partial charge in [0.05, 0.1) is 5.69 Å². The van der Waals surface area contributed by atoms with Gasteiger partial charge in [-0.2, -0.15) is 0 Å². The number of hydrogen-bond donors (Lipinski definition) is 1. The van der Waals surface area contributed by atoms with Crippen LogP contribution in [0.1, 0.15) is 43.3 Å². The first-order valence-electron chi connectivity index (χ1n) is 6.52. The smallest absolute Gasteiger partial charge is 0.106 e. The van der Waals surface area contributed by atoms with Gasteiger partial charge >= 0.3 is 0 Å². The van der Waals surface area contributed by atoms with Crippen LogP contribution in [0.2, 0.25) is 0 Å². The Morgan fingerprint density at radius 3 is 2.71 bits per heavy atom. The Morgan fingerprint density at radius 2 is 2.12 bits per heavy atom. The van der Waals surface area contributed by atoms with E-state index in [0.717, 1.165) is 23.5 Å². The molecule has 0 unspecified atom stereocenters. The van der Waals surface area contributed by atoms with Crippen molar-refractivity contribution < 1.29 is 0 Å². The number of nitrogens with two attached hydrogens (primary N) is 1. The lowest BCUT2D eigenvalue weighted by Gasteiger charge is -2.33. The quantitative estimate of drug-likeness (QED) is 0.897. The highest BCUT2D eigenvalue weighted by atomic mass is 32.1. The third kappa shape index (κ3) is 3.50. The van der Waals surface area contributed by atoms with Crippen LogP contribution in [0.3, 0.4) is 0 Å². The minimum Gasteiger partial charge on any atom is -0.325 e. The molecule has 0 spiro atoms. The van der Waals surface area contributed by atoms with Crippen LogP contribution in [-0.4, -0.2) is 23.0 Å². The monoisotopic (exact) mass is 253 g/mol. The second kappa shape index (κ2) is 5.94. The van der Waals surface area contributed by atoms with Crippen molar-refractivity contribution in [3.63, 3.8) is 0 Å². The van der Waals surface area contributed by atoms with Crippen LogP contribution in [0.25, 0.3) is 0 Å². The lowest BCUT2D eigenvalue weighted by atomic mass is 9.87. The molecular weight excluding hydrogens is 230 g/mol. The van der Waals surface area contributed by atoms with E-state index >= 15 is 0 Å². The summed E-state index contributed by atoms with van der Waals surface area (Å²) in [6.07, 6.45) is 5.43. The Morgan fingerprint density at radius 1 is 1.41 bits per heavy atom. The third-order valence-electron chi connectivity index (χ3n) is 3.79. The van der Waals surface area contributed by atoms with Crippen molar-refractivity contribution in [3.8, 4) is 0 Å². The molecule has 0 aromatic carbocycles. The molecule has 0 saturated heterocycles. The van der Waals surface area contributed by atoms with Gasteiger partial charge in [-0.05, 0) is 38.6 Å². The van der Waals surface area contributed by atoms with E-state index < -0.39 is 0 Å². The molecule has 2 N–H and O–H groups in total. The van der Waals surface area contributed by atoms with E-state index in [4.69, 9.17) is 5.73 Å². The van der Waals surface area contributed by atoms with E-state index in [1.54, 1.807) is 11.3 Å². The molecule has 1 saturated carbocycles. The highest BCUT2D eigenvalue weighted by Gasteiger charge is 2.21. The van der Waals surface area contributed by atoms with Crippen LogP contribution in [0.5, 0.6) is 0 Å². The van der Waals surface area contributed by atoms with Gasteiger partial charge in [0, 0.05) is 24.5 Å². The fourth-order valence-corrected chi connectivity index (χ4v) is 3.25. The molecule has 1 aliphatic carbocycles. The number of rotatable bonds is 4. The molecule has 3 nitrogen and oxygen atoms in total. The number of nitrogens with zero attached hydrogens (tertiary/aromatic N) is 2. The van der Waals surface area contributed by atoms with E-state index in [2.05, 4.69) is 29.2 Å². The van der Waals surface area contributed by atoms with Crippen molar-refractivity contribution in [2.75, 3.05) is 7.05 Å². The van der Waals surface area contributed by atoms with Gasteiger partial charge in [0.25, 0.3) is 0 Å². The Hall–Kier alpha value is -0.450. The normalized spacial score (nSPS) is 25.4. The fourth-order valence-electron chi connectivity index (χ4n) is 2.58. The zero-order chi connectivity index (χ0) is 12.3. The van der Waals surface area contributed by atoms with E-state index in [1.165, 1.54) is 31.4 Å². The van der Waals surface area contributed by atoms with Gasteiger partial charge in [-0.3, -0.25) is 4.90 Å². The van der Waals surface area contributed by atoms with Crippen LogP contribution >= 0.6 is 11.3 Å². The summed E-state index contributed by atoms with van der Waals surface area (Å²) in [5.74, 6) is 0.919. The highest BCUT2D eigenvalue weighted by molar-refractivity contribution is 7.09. The van der Waals surface area contributed by atoms with Crippen molar-refractivity contribution >= 4 is 11.3 Å². The third-order valence-corrected chi connectivity index (χ3v) is 4.71. The average Bonchev–Trinajstić information content (AvgIpc) is 2.77. The molecule has 1 aromatic heterocycles. The first kappa shape index (κ1) is 13.0. The molecular formula is C13H23N3S. The highest BCUT2D eigenvalue weighted by Crippen LogP contribution is 2.27. The van der Waals surface area contributed by atoms with Gasteiger partial charge in [-0.1, -0.05) is 6.92 Å².